The largest absolute Gasteiger partial charge is 0.464 e. The smallest absolute Gasteiger partial charge is 0.276 e. The van der Waals surface area contributed by atoms with Crippen LogP contribution in [-0.4, -0.2) is 27.0 Å². The molecular weight excluding hydrogens is 346 g/mol. The predicted molar refractivity (Wildman–Crippen MR) is 88.8 cm³/mol. The number of carbonyl (C=O) groups is 1. The van der Waals surface area contributed by atoms with Crippen molar-refractivity contribution in [1.82, 2.24) is 15.1 Å². The van der Waals surface area contributed by atoms with Gasteiger partial charge >= 0.3 is 0 Å². The van der Waals surface area contributed by atoms with Crippen LogP contribution in [-0.2, 0) is 6.54 Å². The molecule has 0 radical (unpaired) electrons. The summed E-state index contributed by atoms with van der Waals surface area (Å²) in [6, 6.07) is 3.85. The third-order valence-corrected chi connectivity index (χ3v) is 4.32. The van der Waals surface area contributed by atoms with E-state index in [1.54, 1.807) is 4.90 Å². The van der Waals surface area contributed by atoms with Crippen LogP contribution in [0.2, 0.25) is 0 Å². The van der Waals surface area contributed by atoms with E-state index >= 15 is 0 Å². The van der Waals surface area contributed by atoms with Crippen LogP contribution in [0.1, 0.15) is 61.3 Å². The second-order valence-electron chi connectivity index (χ2n) is 5.99. The highest BCUT2D eigenvalue weighted by molar-refractivity contribution is 9.10. The van der Waals surface area contributed by atoms with Crippen LogP contribution >= 0.6 is 15.9 Å². The second-order valence-corrected chi connectivity index (χ2v) is 6.79. The Morgan fingerprint density at radius 1 is 1.36 bits per heavy atom. The molecule has 0 bridgehead atoms. The Labute approximate surface area is 139 Å². The van der Waals surface area contributed by atoms with Gasteiger partial charge in [0.15, 0.2) is 5.69 Å². The Morgan fingerprint density at radius 3 is 2.50 bits per heavy atom. The third-order valence-electron chi connectivity index (χ3n) is 3.52. The Morgan fingerprint density at radius 2 is 2.05 bits per heavy atom. The van der Waals surface area contributed by atoms with Crippen LogP contribution in [0.4, 0.5) is 0 Å². The zero-order chi connectivity index (χ0) is 16.4. The molecule has 120 valence electrons. The number of nitrogens with one attached hydrogen (secondary N) is 1. The number of hydrogen-bond donors (Lipinski definition) is 1. The van der Waals surface area contributed by atoms with Crippen molar-refractivity contribution in [3.8, 4) is 0 Å². The molecule has 0 unspecified atom stereocenters. The summed E-state index contributed by atoms with van der Waals surface area (Å²) < 4.78 is 6.33. The maximum Gasteiger partial charge on any atom is 0.276 e. The SMILES string of the molecule is Cc1ccc(CN(C(=O)c2n[nH]c(C(C)C)c2Br)C(C)C)o1. The summed E-state index contributed by atoms with van der Waals surface area (Å²) in [5.41, 5.74) is 1.35. The van der Waals surface area contributed by atoms with Gasteiger partial charge in [0, 0.05) is 6.04 Å². The number of halogens is 1. The van der Waals surface area contributed by atoms with Gasteiger partial charge in [-0.05, 0) is 54.8 Å². The van der Waals surface area contributed by atoms with Gasteiger partial charge < -0.3 is 9.32 Å². The maximum absolute atomic E-state index is 12.8. The summed E-state index contributed by atoms with van der Waals surface area (Å²) in [6.07, 6.45) is 0. The third kappa shape index (κ3) is 3.43. The van der Waals surface area contributed by atoms with E-state index in [1.165, 1.54) is 0 Å². The van der Waals surface area contributed by atoms with Crippen molar-refractivity contribution in [3.63, 3.8) is 0 Å². The molecule has 2 aromatic rings. The van der Waals surface area contributed by atoms with Gasteiger partial charge in [-0.15, -0.1) is 0 Å². The highest BCUT2D eigenvalue weighted by Gasteiger charge is 2.26. The molecule has 0 fully saturated rings. The molecule has 0 aliphatic carbocycles. The minimum Gasteiger partial charge on any atom is -0.464 e. The lowest BCUT2D eigenvalue weighted by atomic mass is 10.1. The summed E-state index contributed by atoms with van der Waals surface area (Å²) in [4.78, 5) is 14.6. The van der Waals surface area contributed by atoms with E-state index in [-0.39, 0.29) is 17.9 Å². The first-order valence-corrected chi connectivity index (χ1v) is 8.20. The zero-order valence-electron chi connectivity index (χ0n) is 13.6. The lowest BCUT2D eigenvalue weighted by molar-refractivity contribution is 0.0668. The maximum atomic E-state index is 12.8. The molecule has 2 aromatic heterocycles. The molecule has 0 atom stereocenters. The Bertz CT molecular complexity index is 658. The molecule has 5 nitrogen and oxygen atoms in total. The molecule has 0 aromatic carbocycles. The van der Waals surface area contributed by atoms with Gasteiger partial charge in [0.05, 0.1) is 16.7 Å². The van der Waals surface area contributed by atoms with Crippen LogP contribution < -0.4 is 0 Å². The lowest BCUT2D eigenvalue weighted by Crippen LogP contribution is -2.36. The van der Waals surface area contributed by atoms with Gasteiger partial charge in [0.2, 0.25) is 0 Å². The van der Waals surface area contributed by atoms with Crippen molar-refractivity contribution < 1.29 is 9.21 Å². The number of rotatable bonds is 5. The quantitative estimate of drug-likeness (QED) is 0.858. The van der Waals surface area contributed by atoms with Crippen LogP contribution in [0.25, 0.3) is 0 Å². The summed E-state index contributed by atoms with van der Waals surface area (Å²) >= 11 is 3.49. The lowest BCUT2D eigenvalue weighted by Gasteiger charge is -2.25. The Balaban J connectivity index is 2.27. The fourth-order valence-electron chi connectivity index (χ4n) is 2.23. The molecule has 6 heteroatoms. The number of H-pyrrole nitrogens is 1. The van der Waals surface area contributed by atoms with E-state index in [2.05, 4.69) is 40.0 Å². The van der Waals surface area contributed by atoms with Crippen molar-refractivity contribution >= 4 is 21.8 Å². The molecule has 22 heavy (non-hydrogen) atoms. The molecule has 0 saturated carbocycles. The highest BCUT2D eigenvalue weighted by Crippen LogP contribution is 2.27. The van der Waals surface area contributed by atoms with Crippen LogP contribution in [0.15, 0.2) is 21.0 Å². The molecule has 0 aliphatic heterocycles. The van der Waals surface area contributed by atoms with Crippen LogP contribution in [0.5, 0.6) is 0 Å². The van der Waals surface area contributed by atoms with Gasteiger partial charge in [-0.3, -0.25) is 9.89 Å². The van der Waals surface area contributed by atoms with Gasteiger partial charge in [-0.25, -0.2) is 0 Å². The number of amides is 1. The van der Waals surface area contributed by atoms with E-state index in [1.807, 2.05) is 32.9 Å². The summed E-state index contributed by atoms with van der Waals surface area (Å²) in [5, 5.41) is 7.14. The van der Waals surface area contributed by atoms with Crippen molar-refractivity contribution in [2.75, 3.05) is 0 Å². The molecule has 0 spiro atoms. The van der Waals surface area contributed by atoms with Crippen molar-refractivity contribution in [3.05, 3.63) is 39.5 Å². The first-order valence-electron chi connectivity index (χ1n) is 7.41. The minimum absolute atomic E-state index is 0.0454. The fourth-order valence-corrected chi connectivity index (χ4v) is 3.03. The number of nitrogens with zero attached hydrogens (tertiary/aromatic N) is 2. The number of aromatic nitrogens is 2. The summed E-state index contributed by atoms with van der Waals surface area (Å²) in [7, 11) is 0. The summed E-state index contributed by atoms with van der Waals surface area (Å²) in [6.45, 7) is 10.4. The number of hydrogen-bond acceptors (Lipinski definition) is 3. The van der Waals surface area contributed by atoms with E-state index in [0.717, 1.165) is 21.7 Å². The molecule has 1 amide bonds. The predicted octanol–water partition coefficient (Wildman–Crippen LogP) is 4.25. The van der Waals surface area contributed by atoms with Crippen molar-refractivity contribution in [2.24, 2.45) is 0 Å². The number of furan rings is 1. The average molecular weight is 368 g/mol. The van der Waals surface area contributed by atoms with Gasteiger partial charge in [-0.2, -0.15) is 5.10 Å². The van der Waals surface area contributed by atoms with E-state index in [0.29, 0.717) is 12.2 Å². The first-order chi connectivity index (χ1) is 10.3. The molecule has 0 aliphatic rings. The van der Waals surface area contributed by atoms with Crippen LogP contribution in [0, 0.1) is 6.92 Å². The highest BCUT2D eigenvalue weighted by atomic mass is 79.9. The second kappa shape index (κ2) is 6.69. The first kappa shape index (κ1) is 16.8. The standard InChI is InChI=1S/C16H22BrN3O2/c1-9(2)14-13(17)15(19-18-14)16(21)20(10(3)4)8-12-7-6-11(5)22-12/h6-7,9-10H,8H2,1-5H3,(H,18,19). The summed E-state index contributed by atoms with van der Waals surface area (Å²) in [5.74, 6) is 1.77. The molecular formula is C16H22BrN3O2. The number of aromatic amines is 1. The fraction of sp³-hybridized carbons (Fsp3) is 0.500. The Hall–Kier alpha value is -1.56. The van der Waals surface area contributed by atoms with Gasteiger partial charge in [-0.1, -0.05) is 13.8 Å². The van der Waals surface area contributed by atoms with Gasteiger partial charge in [0.1, 0.15) is 11.5 Å². The Kier molecular flexibility index (Phi) is 5.11. The van der Waals surface area contributed by atoms with Crippen molar-refractivity contribution in [1.29, 1.82) is 0 Å². The molecule has 0 saturated heterocycles. The monoisotopic (exact) mass is 367 g/mol. The average Bonchev–Trinajstić information content (AvgIpc) is 3.01. The van der Waals surface area contributed by atoms with E-state index in [9.17, 15) is 4.79 Å². The normalized spacial score (nSPS) is 11.5. The molecule has 1 N–H and O–H groups in total. The zero-order valence-corrected chi connectivity index (χ0v) is 15.2. The minimum atomic E-state index is -0.112. The van der Waals surface area contributed by atoms with E-state index < -0.39 is 0 Å². The molecule has 2 rings (SSSR count). The van der Waals surface area contributed by atoms with Crippen molar-refractivity contribution in [2.45, 2.75) is 53.1 Å². The van der Waals surface area contributed by atoms with E-state index in [4.69, 9.17) is 4.42 Å². The topological polar surface area (TPSA) is 62.1 Å². The molecule has 2 heterocycles. The number of aryl methyl sites for hydroxylation is 1. The van der Waals surface area contributed by atoms with Crippen LogP contribution in [0.3, 0.4) is 0 Å². The number of carbonyl (C=O) groups excluding carboxylic acids is 1. The van der Waals surface area contributed by atoms with Gasteiger partial charge in [0.25, 0.3) is 5.91 Å².